The minimum absolute atomic E-state index is 0.0258. The van der Waals surface area contributed by atoms with Crippen molar-refractivity contribution in [3.05, 3.63) is 71.3 Å². The molecule has 2 amide bonds. The van der Waals surface area contributed by atoms with Crippen LogP contribution in [-0.2, 0) is 27.4 Å². The van der Waals surface area contributed by atoms with Crippen molar-refractivity contribution in [2.75, 3.05) is 32.8 Å². The van der Waals surface area contributed by atoms with Crippen molar-refractivity contribution in [3.8, 4) is 0 Å². The van der Waals surface area contributed by atoms with Crippen LogP contribution in [0.5, 0.6) is 0 Å². The molecule has 2 aromatic rings. The average molecular weight is 422 g/mol. The van der Waals surface area contributed by atoms with Gasteiger partial charge in [0.05, 0.1) is 18.6 Å². The van der Waals surface area contributed by atoms with Crippen molar-refractivity contribution >= 4 is 11.8 Å². The molecule has 2 atom stereocenters. The van der Waals surface area contributed by atoms with Crippen LogP contribution in [0.3, 0.4) is 0 Å². The van der Waals surface area contributed by atoms with E-state index in [1.807, 2.05) is 37.3 Å². The minimum atomic E-state index is -0.290. The van der Waals surface area contributed by atoms with E-state index in [9.17, 15) is 9.59 Å². The second kappa shape index (κ2) is 10.1. The summed E-state index contributed by atoms with van der Waals surface area (Å²) < 4.78 is 5.86. The van der Waals surface area contributed by atoms with Gasteiger partial charge in [0.25, 0.3) is 0 Å². The number of carbonyl (C=O) groups is 2. The maximum absolute atomic E-state index is 12.7. The third kappa shape index (κ3) is 5.93. The number of rotatable bonds is 7. The number of hydrogen-bond donors (Lipinski definition) is 1. The zero-order chi connectivity index (χ0) is 21.6. The Morgan fingerprint density at radius 3 is 2.55 bits per heavy atom. The molecule has 2 aromatic carbocycles. The number of nitrogens with zero attached hydrogens (tertiary/aromatic N) is 2. The first-order valence-electron chi connectivity index (χ1n) is 11.1. The summed E-state index contributed by atoms with van der Waals surface area (Å²) in [4.78, 5) is 29.2. The Kier molecular flexibility index (Phi) is 6.99. The van der Waals surface area contributed by atoms with Gasteiger partial charge in [-0.3, -0.25) is 14.5 Å². The van der Waals surface area contributed by atoms with Crippen LogP contribution in [0.25, 0.3) is 0 Å². The number of hydrogen-bond acceptors (Lipinski definition) is 4. The maximum atomic E-state index is 12.7. The van der Waals surface area contributed by atoms with Crippen LogP contribution in [0.15, 0.2) is 54.6 Å². The van der Waals surface area contributed by atoms with E-state index < -0.39 is 0 Å². The zero-order valence-corrected chi connectivity index (χ0v) is 18.1. The molecule has 0 spiro atoms. The maximum Gasteiger partial charge on any atom is 0.225 e. The van der Waals surface area contributed by atoms with Gasteiger partial charge >= 0.3 is 0 Å². The SMILES string of the molecule is Cc1ccc(CN2CC(C(=O)NCC3CN(Cc4ccccc4)CCO3)CC2=O)cc1. The lowest BCUT2D eigenvalue weighted by Gasteiger charge is -2.33. The van der Waals surface area contributed by atoms with Crippen molar-refractivity contribution in [1.82, 2.24) is 15.1 Å². The first-order valence-corrected chi connectivity index (χ1v) is 11.1. The lowest BCUT2D eigenvalue weighted by Crippen LogP contribution is -2.48. The highest BCUT2D eigenvalue weighted by Gasteiger charge is 2.34. The molecule has 1 N–H and O–H groups in total. The molecule has 0 aliphatic carbocycles. The Bertz CT molecular complexity index is 885. The van der Waals surface area contributed by atoms with Gasteiger partial charge < -0.3 is 15.0 Å². The molecule has 2 heterocycles. The van der Waals surface area contributed by atoms with Crippen LogP contribution >= 0.6 is 0 Å². The molecular weight excluding hydrogens is 390 g/mol. The van der Waals surface area contributed by atoms with Crippen molar-refractivity contribution in [1.29, 1.82) is 0 Å². The van der Waals surface area contributed by atoms with Crippen LogP contribution in [0.4, 0.5) is 0 Å². The Hall–Kier alpha value is -2.70. The quantitative estimate of drug-likeness (QED) is 0.746. The fourth-order valence-corrected chi connectivity index (χ4v) is 4.26. The average Bonchev–Trinajstić information content (AvgIpc) is 3.15. The summed E-state index contributed by atoms with van der Waals surface area (Å²) in [7, 11) is 0. The Morgan fingerprint density at radius 2 is 1.77 bits per heavy atom. The predicted octanol–water partition coefficient (Wildman–Crippen LogP) is 2.36. The molecule has 4 rings (SSSR count). The standard InChI is InChI=1S/C25H31N3O3/c1-19-7-9-21(10-8-19)16-28-17-22(13-24(28)29)25(30)26-14-23-18-27(11-12-31-23)15-20-5-3-2-4-6-20/h2-10,22-23H,11-18H2,1H3,(H,26,30). The summed E-state index contributed by atoms with van der Waals surface area (Å²) in [5, 5.41) is 3.02. The fraction of sp³-hybridized carbons (Fsp3) is 0.440. The summed E-state index contributed by atoms with van der Waals surface area (Å²) in [6.07, 6.45) is 0.255. The normalized spacial score (nSPS) is 22.0. The van der Waals surface area contributed by atoms with Gasteiger partial charge in [0, 0.05) is 45.7 Å². The summed E-state index contributed by atoms with van der Waals surface area (Å²) >= 11 is 0. The van der Waals surface area contributed by atoms with Crippen LogP contribution in [0.1, 0.15) is 23.1 Å². The third-order valence-corrected chi connectivity index (χ3v) is 6.06. The number of carbonyl (C=O) groups excluding carboxylic acids is 2. The summed E-state index contributed by atoms with van der Waals surface area (Å²) in [5.74, 6) is -0.297. The van der Waals surface area contributed by atoms with E-state index in [4.69, 9.17) is 4.74 Å². The zero-order valence-electron chi connectivity index (χ0n) is 18.1. The molecule has 31 heavy (non-hydrogen) atoms. The molecule has 164 valence electrons. The van der Waals surface area contributed by atoms with Gasteiger partial charge in [0.2, 0.25) is 11.8 Å². The lowest BCUT2D eigenvalue weighted by molar-refractivity contribution is -0.129. The third-order valence-electron chi connectivity index (χ3n) is 6.06. The van der Waals surface area contributed by atoms with Gasteiger partial charge in [-0.15, -0.1) is 0 Å². The van der Waals surface area contributed by atoms with E-state index in [2.05, 4.69) is 34.5 Å². The summed E-state index contributed by atoms with van der Waals surface area (Å²) in [6.45, 7) is 6.80. The number of aryl methyl sites for hydroxylation is 1. The van der Waals surface area contributed by atoms with Crippen molar-refractivity contribution in [3.63, 3.8) is 0 Å². The molecular formula is C25H31N3O3. The molecule has 0 aromatic heterocycles. The number of benzene rings is 2. The van der Waals surface area contributed by atoms with E-state index in [0.29, 0.717) is 26.2 Å². The number of ether oxygens (including phenoxy) is 1. The molecule has 2 unspecified atom stereocenters. The molecule has 6 heteroatoms. The van der Waals surface area contributed by atoms with Gasteiger partial charge in [0.15, 0.2) is 0 Å². The van der Waals surface area contributed by atoms with E-state index in [-0.39, 0.29) is 30.3 Å². The van der Waals surface area contributed by atoms with Crippen LogP contribution in [0.2, 0.25) is 0 Å². The Morgan fingerprint density at radius 1 is 1.03 bits per heavy atom. The smallest absolute Gasteiger partial charge is 0.225 e. The van der Waals surface area contributed by atoms with Gasteiger partial charge in [-0.25, -0.2) is 0 Å². The molecule has 2 aliphatic rings. The molecule has 0 radical (unpaired) electrons. The van der Waals surface area contributed by atoms with Crippen LogP contribution in [-0.4, -0.2) is 60.5 Å². The van der Waals surface area contributed by atoms with Crippen LogP contribution < -0.4 is 5.32 Å². The van der Waals surface area contributed by atoms with Gasteiger partial charge in [-0.2, -0.15) is 0 Å². The number of nitrogens with one attached hydrogen (secondary N) is 1. The summed E-state index contributed by atoms with van der Waals surface area (Å²) in [6, 6.07) is 18.6. The lowest BCUT2D eigenvalue weighted by atomic mass is 10.1. The van der Waals surface area contributed by atoms with Crippen LogP contribution in [0, 0.1) is 12.8 Å². The molecule has 6 nitrogen and oxygen atoms in total. The topological polar surface area (TPSA) is 61.9 Å². The number of morpholine rings is 1. The predicted molar refractivity (Wildman–Crippen MR) is 119 cm³/mol. The highest BCUT2D eigenvalue weighted by Crippen LogP contribution is 2.21. The van der Waals surface area contributed by atoms with Crippen molar-refractivity contribution in [2.24, 2.45) is 5.92 Å². The second-order valence-corrected chi connectivity index (χ2v) is 8.62. The fourth-order valence-electron chi connectivity index (χ4n) is 4.26. The first-order chi connectivity index (χ1) is 15.1. The molecule has 0 bridgehead atoms. The molecule has 2 aliphatic heterocycles. The number of amides is 2. The van der Waals surface area contributed by atoms with E-state index in [0.717, 1.165) is 25.2 Å². The summed E-state index contributed by atoms with van der Waals surface area (Å²) in [5.41, 5.74) is 3.57. The van der Waals surface area contributed by atoms with E-state index in [1.54, 1.807) is 4.90 Å². The second-order valence-electron chi connectivity index (χ2n) is 8.62. The molecule has 2 saturated heterocycles. The molecule has 0 saturated carbocycles. The van der Waals surface area contributed by atoms with Crippen molar-refractivity contribution in [2.45, 2.75) is 32.5 Å². The highest BCUT2D eigenvalue weighted by molar-refractivity contribution is 5.89. The Balaban J connectivity index is 1.23. The van der Waals surface area contributed by atoms with Crippen molar-refractivity contribution < 1.29 is 14.3 Å². The monoisotopic (exact) mass is 421 g/mol. The Labute approximate surface area is 184 Å². The van der Waals surface area contributed by atoms with Gasteiger partial charge in [-0.05, 0) is 18.1 Å². The van der Waals surface area contributed by atoms with E-state index >= 15 is 0 Å². The van der Waals surface area contributed by atoms with E-state index in [1.165, 1.54) is 11.1 Å². The minimum Gasteiger partial charge on any atom is -0.374 e. The molecule has 2 fully saturated rings. The number of likely N-dealkylation sites (tertiary alicyclic amines) is 1. The van der Waals surface area contributed by atoms with Gasteiger partial charge in [0.1, 0.15) is 0 Å². The van der Waals surface area contributed by atoms with Gasteiger partial charge in [-0.1, -0.05) is 60.2 Å². The highest BCUT2D eigenvalue weighted by atomic mass is 16.5. The first kappa shape index (κ1) is 21.5. The largest absolute Gasteiger partial charge is 0.374 e.